The van der Waals surface area contributed by atoms with E-state index >= 15 is 0 Å². The fourth-order valence-electron chi connectivity index (χ4n) is 4.05. The number of benzene rings is 1. The number of nitrogens with zero attached hydrogens (tertiary/aromatic N) is 1. The van der Waals surface area contributed by atoms with Gasteiger partial charge in [0.05, 0.1) is 17.6 Å². The summed E-state index contributed by atoms with van der Waals surface area (Å²) in [6.45, 7) is 3.48. The lowest BCUT2D eigenvalue weighted by Gasteiger charge is -2.29. The number of amides is 1. The minimum atomic E-state index is -3.65. The Morgan fingerprint density at radius 2 is 1.89 bits per heavy atom. The normalized spacial score (nSPS) is 26.8. The van der Waals surface area contributed by atoms with Crippen LogP contribution in [0, 0.1) is 5.92 Å². The largest absolute Gasteiger partial charge is 0.376 e. The molecule has 1 aromatic carbocycles. The molecular weight excluding hydrogens is 364 g/mol. The van der Waals surface area contributed by atoms with Crippen molar-refractivity contribution in [3.8, 4) is 0 Å². The van der Waals surface area contributed by atoms with E-state index in [4.69, 9.17) is 4.74 Å². The molecule has 0 aromatic heterocycles. The van der Waals surface area contributed by atoms with E-state index in [1.807, 2.05) is 0 Å². The van der Waals surface area contributed by atoms with Gasteiger partial charge in [-0.15, -0.1) is 0 Å². The van der Waals surface area contributed by atoms with Gasteiger partial charge in [0.2, 0.25) is 15.9 Å². The monoisotopic (exact) mass is 394 g/mol. The lowest BCUT2D eigenvalue weighted by atomic mass is 9.88. The van der Waals surface area contributed by atoms with Gasteiger partial charge in [-0.2, -0.15) is 4.31 Å². The SMILES string of the molecule is C[C@@H]1CCCC[C@@H]1OCCNC(=O)[C@@H]1CCCN1S(=O)(=O)c1ccccc1. The highest BCUT2D eigenvalue weighted by atomic mass is 32.2. The molecule has 1 N–H and O–H groups in total. The van der Waals surface area contributed by atoms with Crippen LogP contribution in [0.1, 0.15) is 45.4 Å². The van der Waals surface area contributed by atoms with Crippen molar-refractivity contribution in [1.29, 1.82) is 0 Å². The van der Waals surface area contributed by atoms with Crippen LogP contribution >= 0.6 is 0 Å². The standard InChI is InChI=1S/C20H30N2O4S/c1-16-8-5-6-12-19(16)26-15-13-21-20(23)18-11-7-14-22(18)27(24,25)17-9-3-2-4-10-17/h2-4,9-10,16,18-19H,5-8,11-15H2,1H3,(H,21,23)/t16-,18+,19+/m1/s1. The number of sulfonamides is 1. The summed E-state index contributed by atoms with van der Waals surface area (Å²) in [5.74, 6) is 0.336. The van der Waals surface area contributed by atoms with Gasteiger partial charge in [-0.1, -0.05) is 38.0 Å². The van der Waals surface area contributed by atoms with Gasteiger partial charge in [-0.3, -0.25) is 4.79 Å². The zero-order valence-electron chi connectivity index (χ0n) is 16.0. The third kappa shape index (κ3) is 4.89. The molecule has 27 heavy (non-hydrogen) atoms. The Bertz CT molecular complexity index is 723. The van der Waals surface area contributed by atoms with Gasteiger partial charge in [0.25, 0.3) is 0 Å². The van der Waals surface area contributed by atoms with E-state index < -0.39 is 16.1 Å². The van der Waals surface area contributed by atoms with Gasteiger partial charge in [-0.25, -0.2) is 8.42 Å². The van der Waals surface area contributed by atoms with Gasteiger partial charge in [0, 0.05) is 13.1 Å². The number of nitrogens with one attached hydrogen (secondary N) is 1. The van der Waals surface area contributed by atoms with Crippen LogP contribution in [0.3, 0.4) is 0 Å². The van der Waals surface area contributed by atoms with E-state index in [1.54, 1.807) is 30.3 Å². The Kier molecular flexibility index (Phi) is 6.89. The summed E-state index contributed by atoms with van der Waals surface area (Å²) >= 11 is 0. The van der Waals surface area contributed by atoms with Gasteiger partial charge in [0.15, 0.2) is 0 Å². The zero-order valence-corrected chi connectivity index (χ0v) is 16.8. The number of ether oxygens (including phenoxy) is 1. The van der Waals surface area contributed by atoms with Crippen LogP contribution in [0.25, 0.3) is 0 Å². The molecule has 7 heteroatoms. The molecule has 6 nitrogen and oxygen atoms in total. The molecule has 150 valence electrons. The molecule has 1 aliphatic heterocycles. The Morgan fingerprint density at radius 3 is 2.63 bits per heavy atom. The maximum absolute atomic E-state index is 12.8. The number of carbonyl (C=O) groups excluding carboxylic acids is 1. The van der Waals surface area contributed by atoms with Gasteiger partial charge in [-0.05, 0) is 43.7 Å². The maximum Gasteiger partial charge on any atom is 0.243 e. The van der Waals surface area contributed by atoms with Crippen molar-refractivity contribution >= 4 is 15.9 Å². The van der Waals surface area contributed by atoms with E-state index in [-0.39, 0.29) is 16.9 Å². The number of hydrogen-bond acceptors (Lipinski definition) is 4. The van der Waals surface area contributed by atoms with E-state index in [0.29, 0.717) is 38.5 Å². The Balaban J connectivity index is 1.51. The van der Waals surface area contributed by atoms with Crippen LogP contribution in [-0.4, -0.2) is 50.5 Å². The average molecular weight is 395 g/mol. The van der Waals surface area contributed by atoms with E-state index in [9.17, 15) is 13.2 Å². The van der Waals surface area contributed by atoms with Crippen LogP contribution in [0.2, 0.25) is 0 Å². The molecule has 1 heterocycles. The second-order valence-electron chi connectivity index (χ2n) is 7.55. The summed E-state index contributed by atoms with van der Waals surface area (Å²) in [5, 5.41) is 2.86. The molecular formula is C20H30N2O4S. The molecule has 0 radical (unpaired) electrons. The molecule has 1 amide bonds. The fourth-order valence-corrected chi connectivity index (χ4v) is 5.73. The molecule has 3 rings (SSSR count). The highest BCUT2D eigenvalue weighted by Crippen LogP contribution is 2.27. The molecule has 2 aliphatic rings. The van der Waals surface area contributed by atoms with E-state index in [2.05, 4.69) is 12.2 Å². The number of rotatable bonds is 7. The fraction of sp³-hybridized carbons (Fsp3) is 0.650. The average Bonchev–Trinajstić information content (AvgIpc) is 3.18. The molecule has 1 aliphatic carbocycles. The Labute approximate surface area is 162 Å². The third-order valence-electron chi connectivity index (χ3n) is 5.62. The summed E-state index contributed by atoms with van der Waals surface area (Å²) in [7, 11) is -3.65. The summed E-state index contributed by atoms with van der Waals surface area (Å²) in [4.78, 5) is 12.8. The predicted molar refractivity (Wildman–Crippen MR) is 104 cm³/mol. The van der Waals surface area contributed by atoms with Crippen molar-refractivity contribution in [1.82, 2.24) is 9.62 Å². The molecule has 0 unspecified atom stereocenters. The van der Waals surface area contributed by atoms with Gasteiger partial charge in [0.1, 0.15) is 6.04 Å². The first-order valence-corrected chi connectivity index (χ1v) is 11.4. The van der Waals surface area contributed by atoms with E-state index in [1.165, 1.54) is 23.6 Å². The van der Waals surface area contributed by atoms with E-state index in [0.717, 1.165) is 6.42 Å². The molecule has 3 atom stereocenters. The number of carbonyl (C=O) groups is 1. The van der Waals surface area contributed by atoms with Crippen LogP contribution in [0.4, 0.5) is 0 Å². The van der Waals surface area contributed by atoms with Crippen molar-refractivity contribution in [3.05, 3.63) is 30.3 Å². The quantitative estimate of drug-likeness (QED) is 0.721. The Morgan fingerprint density at radius 1 is 1.15 bits per heavy atom. The van der Waals surface area contributed by atoms with Crippen molar-refractivity contribution in [2.45, 2.75) is 62.5 Å². The third-order valence-corrected chi connectivity index (χ3v) is 7.54. The molecule has 2 fully saturated rings. The maximum atomic E-state index is 12.8. The molecule has 0 bridgehead atoms. The second kappa shape index (κ2) is 9.17. The Hall–Kier alpha value is -1.44. The first kappa shape index (κ1) is 20.3. The van der Waals surface area contributed by atoms with Crippen molar-refractivity contribution < 1.29 is 17.9 Å². The molecule has 1 aromatic rings. The van der Waals surface area contributed by atoms with Crippen molar-refractivity contribution in [2.75, 3.05) is 19.7 Å². The smallest absolute Gasteiger partial charge is 0.243 e. The molecule has 1 saturated carbocycles. The van der Waals surface area contributed by atoms with Crippen LogP contribution in [0.15, 0.2) is 35.2 Å². The highest BCUT2D eigenvalue weighted by Gasteiger charge is 2.39. The summed E-state index contributed by atoms with van der Waals surface area (Å²) in [6, 6.07) is 7.68. The van der Waals surface area contributed by atoms with Crippen LogP contribution < -0.4 is 5.32 Å². The first-order valence-electron chi connectivity index (χ1n) is 9.96. The minimum absolute atomic E-state index is 0.229. The lowest BCUT2D eigenvalue weighted by Crippen LogP contribution is -2.46. The highest BCUT2D eigenvalue weighted by molar-refractivity contribution is 7.89. The van der Waals surface area contributed by atoms with Crippen LogP contribution in [-0.2, 0) is 19.6 Å². The topological polar surface area (TPSA) is 75.7 Å². The molecule has 0 spiro atoms. The zero-order chi connectivity index (χ0) is 19.3. The van der Waals surface area contributed by atoms with Gasteiger partial charge >= 0.3 is 0 Å². The second-order valence-corrected chi connectivity index (χ2v) is 9.44. The van der Waals surface area contributed by atoms with Gasteiger partial charge < -0.3 is 10.1 Å². The summed E-state index contributed by atoms with van der Waals surface area (Å²) < 4.78 is 32.9. The lowest BCUT2D eigenvalue weighted by molar-refractivity contribution is -0.124. The van der Waals surface area contributed by atoms with Crippen molar-refractivity contribution in [3.63, 3.8) is 0 Å². The van der Waals surface area contributed by atoms with Crippen molar-refractivity contribution in [2.24, 2.45) is 5.92 Å². The first-order chi connectivity index (χ1) is 13.0. The number of hydrogen-bond donors (Lipinski definition) is 1. The summed E-state index contributed by atoms with van der Waals surface area (Å²) in [5.41, 5.74) is 0. The summed E-state index contributed by atoms with van der Waals surface area (Å²) in [6.07, 6.45) is 6.28. The minimum Gasteiger partial charge on any atom is -0.376 e. The van der Waals surface area contributed by atoms with Crippen LogP contribution in [0.5, 0.6) is 0 Å². The predicted octanol–water partition coefficient (Wildman–Crippen LogP) is 2.55. The molecule has 1 saturated heterocycles.